The fraction of sp³-hybridized carbons (Fsp3) is 0.667. The highest BCUT2D eigenvalue weighted by Crippen LogP contribution is 2.40. The summed E-state index contributed by atoms with van der Waals surface area (Å²) < 4.78 is 11.7. The minimum absolute atomic E-state index is 0.0968. The lowest BCUT2D eigenvalue weighted by atomic mass is 9.97. The van der Waals surface area contributed by atoms with Crippen LogP contribution < -0.4 is 15.0 Å². The maximum absolute atomic E-state index is 14.1. The molecule has 2 heterocycles. The Hall–Kier alpha value is -3.30. The van der Waals surface area contributed by atoms with Crippen LogP contribution in [-0.2, 0) is 14.3 Å². The number of ether oxygens (including phenoxy) is 2. The highest BCUT2D eigenvalue weighted by atomic mass is 16.6. The van der Waals surface area contributed by atoms with E-state index in [1.54, 1.807) is 36.8 Å². The Balaban J connectivity index is 1.92. The molecular formula is C30H46N4O6. The first-order valence-corrected chi connectivity index (χ1v) is 14.2. The quantitative estimate of drug-likeness (QED) is 0.535. The molecule has 10 nitrogen and oxygen atoms in total. The van der Waals surface area contributed by atoms with Crippen LogP contribution in [0.2, 0.25) is 0 Å². The van der Waals surface area contributed by atoms with Crippen LogP contribution >= 0.6 is 0 Å². The van der Waals surface area contributed by atoms with Crippen molar-refractivity contribution in [1.29, 1.82) is 0 Å². The lowest BCUT2D eigenvalue weighted by molar-refractivity contribution is -0.132. The molecule has 1 aromatic carbocycles. The zero-order valence-corrected chi connectivity index (χ0v) is 25.6. The normalized spacial score (nSPS) is 18.6. The van der Waals surface area contributed by atoms with E-state index in [-0.39, 0.29) is 42.3 Å². The van der Waals surface area contributed by atoms with E-state index in [9.17, 15) is 19.2 Å². The Morgan fingerprint density at radius 3 is 2.50 bits per heavy atom. The molecule has 40 heavy (non-hydrogen) atoms. The Kier molecular flexibility index (Phi) is 9.42. The van der Waals surface area contributed by atoms with Gasteiger partial charge in [-0.25, -0.2) is 4.79 Å². The number of amides is 4. The summed E-state index contributed by atoms with van der Waals surface area (Å²) in [5.41, 5.74) is 0.0737. The number of benzene rings is 1. The molecule has 0 aliphatic carbocycles. The molecule has 1 atom stereocenters. The minimum atomic E-state index is -1.07. The van der Waals surface area contributed by atoms with E-state index in [1.165, 1.54) is 0 Å². The second-order valence-electron chi connectivity index (χ2n) is 12.5. The number of rotatable bonds is 7. The van der Waals surface area contributed by atoms with Crippen LogP contribution in [0.4, 0.5) is 10.5 Å². The van der Waals surface area contributed by atoms with Crippen molar-refractivity contribution in [2.45, 2.75) is 104 Å². The number of hydrogen-bond acceptors (Lipinski definition) is 6. The molecule has 10 heteroatoms. The monoisotopic (exact) mass is 558 g/mol. The maximum Gasteiger partial charge on any atom is 0.410 e. The van der Waals surface area contributed by atoms with Gasteiger partial charge in [-0.1, -0.05) is 0 Å². The summed E-state index contributed by atoms with van der Waals surface area (Å²) in [6.07, 6.45) is 1.92. The van der Waals surface area contributed by atoms with Crippen LogP contribution in [0.15, 0.2) is 12.1 Å². The van der Waals surface area contributed by atoms with Crippen LogP contribution in [0, 0.1) is 6.92 Å². The first-order valence-electron chi connectivity index (χ1n) is 14.2. The van der Waals surface area contributed by atoms with Crippen molar-refractivity contribution in [1.82, 2.24) is 15.1 Å². The fourth-order valence-corrected chi connectivity index (χ4v) is 5.33. The van der Waals surface area contributed by atoms with Gasteiger partial charge in [-0.2, -0.15) is 0 Å². The number of piperidine rings is 1. The number of nitrogens with zero attached hydrogens (tertiary/aromatic N) is 3. The van der Waals surface area contributed by atoms with Crippen LogP contribution in [0.3, 0.4) is 0 Å². The minimum Gasteiger partial charge on any atom is -0.476 e. The van der Waals surface area contributed by atoms with E-state index in [1.807, 2.05) is 52.5 Å². The van der Waals surface area contributed by atoms with Gasteiger partial charge in [0, 0.05) is 44.7 Å². The average molecular weight is 559 g/mol. The molecule has 0 saturated carbocycles. The molecule has 0 aromatic heterocycles. The first-order chi connectivity index (χ1) is 18.6. The van der Waals surface area contributed by atoms with Crippen LogP contribution in [0.1, 0.15) is 90.1 Å². The number of hydrogen-bond donors (Lipinski definition) is 1. The van der Waals surface area contributed by atoms with E-state index in [4.69, 9.17) is 9.47 Å². The predicted octanol–water partition coefficient (Wildman–Crippen LogP) is 4.28. The molecule has 0 spiro atoms. The maximum atomic E-state index is 14.1. The first kappa shape index (κ1) is 31.2. The molecule has 222 valence electrons. The molecule has 4 amide bonds. The summed E-state index contributed by atoms with van der Waals surface area (Å²) in [6.45, 7) is 16.1. The molecule has 0 radical (unpaired) electrons. The average Bonchev–Trinajstić information content (AvgIpc) is 2.84. The van der Waals surface area contributed by atoms with Crippen molar-refractivity contribution in [2.24, 2.45) is 0 Å². The van der Waals surface area contributed by atoms with Crippen molar-refractivity contribution in [2.75, 3.05) is 31.6 Å². The van der Waals surface area contributed by atoms with Crippen molar-refractivity contribution in [3.8, 4) is 5.75 Å². The van der Waals surface area contributed by atoms with Crippen molar-refractivity contribution in [3.05, 3.63) is 23.3 Å². The largest absolute Gasteiger partial charge is 0.476 e. The van der Waals surface area contributed by atoms with E-state index in [0.717, 1.165) is 18.4 Å². The smallest absolute Gasteiger partial charge is 0.410 e. The van der Waals surface area contributed by atoms with E-state index < -0.39 is 11.2 Å². The third-order valence-corrected chi connectivity index (χ3v) is 7.25. The summed E-state index contributed by atoms with van der Waals surface area (Å²) in [5.74, 6) is 0.0537. The molecule has 1 N–H and O–H groups in total. The molecule has 1 saturated heterocycles. The molecule has 0 bridgehead atoms. The topological polar surface area (TPSA) is 108 Å². The second-order valence-corrected chi connectivity index (χ2v) is 12.5. The molecule has 1 aromatic rings. The zero-order chi connectivity index (χ0) is 30.0. The van der Waals surface area contributed by atoms with Gasteiger partial charge in [0.2, 0.25) is 5.91 Å². The van der Waals surface area contributed by atoms with E-state index in [0.29, 0.717) is 43.1 Å². The second kappa shape index (κ2) is 12.1. The van der Waals surface area contributed by atoms with Gasteiger partial charge >= 0.3 is 6.09 Å². The van der Waals surface area contributed by atoms with Gasteiger partial charge in [0.1, 0.15) is 11.4 Å². The molecular weight excluding hydrogens is 512 g/mol. The number of anilines is 1. The van der Waals surface area contributed by atoms with Crippen molar-refractivity contribution < 1.29 is 28.7 Å². The lowest BCUT2D eigenvalue weighted by Crippen LogP contribution is -2.55. The molecule has 3 rings (SSSR count). The summed E-state index contributed by atoms with van der Waals surface area (Å²) in [5, 5.41) is 2.61. The Morgan fingerprint density at radius 2 is 1.90 bits per heavy atom. The van der Waals surface area contributed by atoms with E-state index >= 15 is 0 Å². The van der Waals surface area contributed by atoms with Gasteiger partial charge < -0.3 is 29.5 Å². The van der Waals surface area contributed by atoms with Crippen LogP contribution in [0.5, 0.6) is 5.75 Å². The fourth-order valence-electron chi connectivity index (χ4n) is 5.33. The summed E-state index contributed by atoms with van der Waals surface area (Å²) in [7, 11) is 1.58. The number of aryl methyl sites for hydroxylation is 1. The molecule has 2 aliphatic rings. The van der Waals surface area contributed by atoms with Gasteiger partial charge in [0.25, 0.3) is 11.8 Å². The zero-order valence-electron chi connectivity index (χ0n) is 25.6. The summed E-state index contributed by atoms with van der Waals surface area (Å²) in [6, 6.07) is 3.26. The Labute approximate surface area is 238 Å². The standard InChI is InChI=1S/C30H46N4O6/c1-19(2)34(21-12-10-14-32(18-21)28(38)40-29(4,5)6)26(36)22-17-23-24(16-20(22)3)39-30(7,8)27(37)33(23)15-11-13-25(35)31-9/h16-17,19,21H,10-15,18H2,1-9H3,(H,31,35)/t21-/m1/s1. The predicted molar refractivity (Wildman–Crippen MR) is 154 cm³/mol. The molecule has 1 fully saturated rings. The van der Waals surface area contributed by atoms with Crippen molar-refractivity contribution >= 4 is 29.5 Å². The molecule has 2 aliphatic heterocycles. The molecule has 0 unspecified atom stereocenters. The van der Waals surface area contributed by atoms with Gasteiger partial charge in [-0.3, -0.25) is 14.4 Å². The summed E-state index contributed by atoms with van der Waals surface area (Å²) in [4.78, 5) is 57.3. The van der Waals surface area contributed by atoms with Crippen molar-refractivity contribution in [3.63, 3.8) is 0 Å². The van der Waals surface area contributed by atoms with Gasteiger partial charge in [0.15, 0.2) is 5.60 Å². The SMILES string of the molecule is CNC(=O)CCCN1C(=O)C(C)(C)Oc2cc(C)c(C(=O)N(C(C)C)[C@@H]3CCCN(C(=O)OC(C)(C)C)C3)cc21. The summed E-state index contributed by atoms with van der Waals surface area (Å²) >= 11 is 0. The number of carbonyl (C=O) groups is 4. The number of nitrogens with one attached hydrogen (secondary N) is 1. The number of carbonyl (C=O) groups excluding carboxylic acids is 4. The number of likely N-dealkylation sites (tertiary alicyclic amines) is 1. The lowest BCUT2D eigenvalue weighted by Gasteiger charge is -2.42. The number of fused-ring (bicyclic) bond motifs is 1. The third-order valence-electron chi connectivity index (χ3n) is 7.25. The Morgan fingerprint density at radius 1 is 1.23 bits per heavy atom. The van der Waals surface area contributed by atoms with Gasteiger partial charge in [-0.15, -0.1) is 0 Å². The van der Waals surface area contributed by atoms with Gasteiger partial charge in [-0.05, 0) is 92.3 Å². The third kappa shape index (κ3) is 7.06. The van der Waals surface area contributed by atoms with Gasteiger partial charge in [0.05, 0.1) is 11.7 Å². The van der Waals surface area contributed by atoms with E-state index in [2.05, 4.69) is 5.32 Å². The Bertz CT molecular complexity index is 1140. The highest BCUT2D eigenvalue weighted by Gasteiger charge is 2.42. The van der Waals surface area contributed by atoms with Crippen LogP contribution in [0.25, 0.3) is 0 Å². The highest BCUT2D eigenvalue weighted by molar-refractivity contribution is 6.05. The van der Waals surface area contributed by atoms with Crippen LogP contribution in [-0.4, -0.2) is 83.6 Å².